The van der Waals surface area contributed by atoms with E-state index < -0.39 is 11.4 Å². The molecule has 1 unspecified atom stereocenters. The van der Waals surface area contributed by atoms with E-state index >= 15 is 0 Å². The van der Waals surface area contributed by atoms with Crippen molar-refractivity contribution in [3.63, 3.8) is 0 Å². The van der Waals surface area contributed by atoms with Crippen LogP contribution in [0.15, 0.2) is 18.2 Å². The van der Waals surface area contributed by atoms with Crippen LogP contribution in [0.5, 0.6) is 0 Å². The van der Waals surface area contributed by atoms with Gasteiger partial charge in [-0.3, -0.25) is 0 Å². The molecule has 0 amide bonds. The van der Waals surface area contributed by atoms with Crippen molar-refractivity contribution >= 4 is 11.6 Å². The van der Waals surface area contributed by atoms with Crippen LogP contribution in [0.4, 0.5) is 4.39 Å². The first-order chi connectivity index (χ1) is 5.97. The molecule has 0 bridgehead atoms. The van der Waals surface area contributed by atoms with E-state index in [0.717, 1.165) is 0 Å². The van der Waals surface area contributed by atoms with E-state index in [1.54, 1.807) is 13.0 Å². The Bertz CT molecular complexity index is 310. The molecular formula is C10H12ClFO. The first-order valence-corrected chi connectivity index (χ1v) is 4.53. The molecule has 1 rings (SSSR count). The highest BCUT2D eigenvalue weighted by molar-refractivity contribution is 6.30. The largest absolute Gasteiger partial charge is 0.385 e. The number of rotatable bonds is 2. The van der Waals surface area contributed by atoms with E-state index in [0.29, 0.717) is 12.0 Å². The van der Waals surface area contributed by atoms with Gasteiger partial charge in [0.05, 0.1) is 10.6 Å². The SMILES string of the molecule is CCC(C)(O)c1ccc(Cl)c(F)c1. The Kier molecular flexibility index (Phi) is 2.94. The molecule has 1 atom stereocenters. The Morgan fingerprint density at radius 1 is 1.54 bits per heavy atom. The van der Waals surface area contributed by atoms with Crippen LogP contribution in [0.3, 0.4) is 0 Å². The molecule has 0 saturated carbocycles. The molecule has 1 nitrogen and oxygen atoms in total. The van der Waals surface area contributed by atoms with E-state index in [4.69, 9.17) is 11.6 Å². The second-order valence-electron chi connectivity index (χ2n) is 3.26. The highest BCUT2D eigenvalue weighted by Crippen LogP contribution is 2.26. The van der Waals surface area contributed by atoms with Crippen LogP contribution < -0.4 is 0 Å². The second-order valence-corrected chi connectivity index (χ2v) is 3.66. The fraction of sp³-hybridized carbons (Fsp3) is 0.400. The van der Waals surface area contributed by atoms with Gasteiger partial charge in [-0.25, -0.2) is 4.39 Å². The summed E-state index contributed by atoms with van der Waals surface area (Å²) in [7, 11) is 0. The predicted octanol–water partition coefficient (Wildman–Crippen LogP) is 3.10. The minimum Gasteiger partial charge on any atom is -0.385 e. The first kappa shape index (κ1) is 10.5. The van der Waals surface area contributed by atoms with E-state index in [1.165, 1.54) is 12.1 Å². The molecule has 0 heterocycles. The fourth-order valence-electron chi connectivity index (χ4n) is 1.04. The maximum Gasteiger partial charge on any atom is 0.142 e. The van der Waals surface area contributed by atoms with Crippen LogP contribution in [-0.2, 0) is 5.60 Å². The zero-order chi connectivity index (χ0) is 10.1. The van der Waals surface area contributed by atoms with Crippen LogP contribution in [0, 0.1) is 5.82 Å². The van der Waals surface area contributed by atoms with E-state index in [2.05, 4.69) is 0 Å². The van der Waals surface area contributed by atoms with Crippen LogP contribution in [0.25, 0.3) is 0 Å². The molecule has 13 heavy (non-hydrogen) atoms. The highest BCUT2D eigenvalue weighted by atomic mass is 35.5. The van der Waals surface area contributed by atoms with Crippen molar-refractivity contribution in [3.8, 4) is 0 Å². The molecule has 1 aromatic rings. The summed E-state index contributed by atoms with van der Waals surface area (Å²) in [5, 5.41) is 9.88. The van der Waals surface area contributed by atoms with Gasteiger partial charge in [0.1, 0.15) is 5.82 Å². The molecule has 0 aliphatic rings. The molecule has 0 aromatic heterocycles. The van der Waals surface area contributed by atoms with Gasteiger partial charge >= 0.3 is 0 Å². The minimum absolute atomic E-state index is 0.0793. The average molecular weight is 203 g/mol. The third-order valence-electron chi connectivity index (χ3n) is 2.23. The van der Waals surface area contributed by atoms with Crippen molar-refractivity contribution in [1.82, 2.24) is 0 Å². The van der Waals surface area contributed by atoms with Crippen LogP contribution in [0.2, 0.25) is 5.02 Å². The summed E-state index contributed by atoms with van der Waals surface area (Å²) in [4.78, 5) is 0. The summed E-state index contributed by atoms with van der Waals surface area (Å²) >= 11 is 5.52. The molecule has 0 radical (unpaired) electrons. The third-order valence-corrected chi connectivity index (χ3v) is 2.54. The van der Waals surface area contributed by atoms with Gasteiger partial charge in [0.2, 0.25) is 0 Å². The molecule has 3 heteroatoms. The third kappa shape index (κ3) is 2.20. The lowest BCUT2D eigenvalue weighted by Gasteiger charge is -2.21. The molecule has 72 valence electrons. The summed E-state index contributed by atoms with van der Waals surface area (Å²) in [5.74, 6) is -0.493. The van der Waals surface area contributed by atoms with Crippen LogP contribution >= 0.6 is 11.6 Å². The van der Waals surface area contributed by atoms with Crippen molar-refractivity contribution in [2.45, 2.75) is 25.9 Å². The van der Waals surface area contributed by atoms with Gasteiger partial charge in [0.15, 0.2) is 0 Å². The first-order valence-electron chi connectivity index (χ1n) is 4.15. The van der Waals surface area contributed by atoms with Gasteiger partial charge in [-0.2, -0.15) is 0 Å². The van der Waals surface area contributed by atoms with Gasteiger partial charge in [0, 0.05) is 0 Å². The van der Waals surface area contributed by atoms with Gasteiger partial charge in [-0.1, -0.05) is 24.6 Å². The van der Waals surface area contributed by atoms with E-state index in [1.807, 2.05) is 6.92 Å². The lowest BCUT2D eigenvalue weighted by Crippen LogP contribution is -2.19. The number of halogens is 2. The molecule has 1 aromatic carbocycles. The molecule has 0 fully saturated rings. The monoisotopic (exact) mass is 202 g/mol. The molecule has 0 aliphatic carbocycles. The number of hydrogen-bond donors (Lipinski definition) is 1. The minimum atomic E-state index is -0.981. The van der Waals surface area contributed by atoms with Gasteiger partial charge in [0.25, 0.3) is 0 Å². The standard InChI is InChI=1S/C10H12ClFO/c1-3-10(2,13)7-4-5-8(11)9(12)6-7/h4-6,13H,3H2,1-2H3. The summed E-state index contributed by atoms with van der Waals surface area (Å²) in [6.45, 7) is 3.49. The summed E-state index contributed by atoms with van der Waals surface area (Å²) in [5.41, 5.74) is -0.428. The lowest BCUT2D eigenvalue weighted by molar-refractivity contribution is 0.0528. The van der Waals surface area contributed by atoms with Crippen LogP contribution in [0.1, 0.15) is 25.8 Å². The Balaban J connectivity index is 3.10. The van der Waals surface area contributed by atoms with Gasteiger partial charge < -0.3 is 5.11 Å². The Labute approximate surface area is 82.2 Å². The zero-order valence-electron chi connectivity index (χ0n) is 7.64. The summed E-state index contributed by atoms with van der Waals surface area (Å²) in [6.07, 6.45) is 0.536. The number of aliphatic hydroxyl groups is 1. The Morgan fingerprint density at radius 3 is 2.62 bits per heavy atom. The van der Waals surface area contributed by atoms with Crippen molar-refractivity contribution < 1.29 is 9.50 Å². The van der Waals surface area contributed by atoms with Crippen molar-refractivity contribution in [1.29, 1.82) is 0 Å². The lowest BCUT2D eigenvalue weighted by atomic mass is 9.93. The zero-order valence-corrected chi connectivity index (χ0v) is 8.40. The summed E-state index contributed by atoms with van der Waals surface area (Å²) in [6, 6.07) is 4.36. The Hall–Kier alpha value is -0.600. The molecule has 1 N–H and O–H groups in total. The molecule has 0 aliphatic heterocycles. The maximum absolute atomic E-state index is 13.0. The Morgan fingerprint density at radius 2 is 2.15 bits per heavy atom. The maximum atomic E-state index is 13.0. The van der Waals surface area contributed by atoms with E-state index in [9.17, 15) is 9.50 Å². The molecule has 0 spiro atoms. The molecular weight excluding hydrogens is 191 g/mol. The van der Waals surface area contributed by atoms with E-state index in [-0.39, 0.29) is 5.02 Å². The number of benzene rings is 1. The van der Waals surface area contributed by atoms with Crippen molar-refractivity contribution in [3.05, 3.63) is 34.6 Å². The van der Waals surface area contributed by atoms with Gasteiger partial charge in [-0.05, 0) is 31.0 Å². The fourth-order valence-corrected chi connectivity index (χ4v) is 1.15. The normalized spacial score (nSPS) is 15.5. The quantitative estimate of drug-likeness (QED) is 0.782. The average Bonchev–Trinajstić information content (AvgIpc) is 2.09. The predicted molar refractivity (Wildman–Crippen MR) is 51.3 cm³/mol. The van der Waals surface area contributed by atoms with Crippen LogP contribution in [-0.4, -0.2) is 5.11 Å². The molecule has 0 saturated heterocycles. The topological polar surface area (TPSA) is 20.2 Å². The highest BCUT2D eigenvalue weighted by Gasteiger charge is 2.21. The number of hydrogen-bond acceptors (Lipinski definition) is 1. The van der Waals surface area contributed by atoms with Crippen molar-refractivity contribution in [2.75, 3.05) is 0 Å². The second kappa shape index (κ2) is 3.64. The smallest absolute Gasteiger partial charge is 0.142 e. The van der Waals surface area contributed by atoms with Crippen molar-refractivity contribution in [2.24, 2.45) is 0 Å². The summed E-state index contributed by atoms with van der Waals surface area (Å²) < 4.78 is 13.0. The van der Waals surface area contributed by atoms with Gasteiger partial charge in [-0.15, -0.1) is 0 Å².